The zero-order valence-corrected chi connectivity index (χ0v) is 22.8. The zero-order chi connectivity index (χ0) is 30.4. The van der Waals surface area contributed by atoms with Crippen LogP contribution in [-0.2, 0) is 38.2 Å². The molecule has 0 aliphatic carbocycles. The number of hydrogen-bond acceptors (Lipinski definition) is 12. The standard InChI is InChI=1S/C29H28O12/c1-18(30)38-24-10-6-22(16-26(24)40-20(3)32)8-12-28(34)36-14-5-15-37-29(35)13-9-23-7-11-25(39-19(2)31)27(17-23)41-21(4)33/h6-13,16-17H,5,14-15H2,1-4H3/b12-8+,13-9+. The molecule has 12 nitrogen and oxygen atoms in total. The summed E-state index contributed by atoms with van der Waals surface area (Å²) < 4.78 is 30.2. The summed E-state index contributed by atoms with van der Waals surface area (Å²) in [4.78, 5) is 69.0. The Morgan fingerprint density at radius 3 is 1.22 bits per heavy atom. The maximum Gasteiger partial charge on any atom is 0.330 e. The number of rotatable bonds is 12. The summed E-state index contributed by atoms with van der Waals surface area (Å²) >= 11 is 0. The van der Waals surface area contributed by atoms with Gasteiger partial charge < -0.3 is 28.4 Å². The highest BCUT2D eigenvalue weighted by atomic mass is 16.6. The van der Waals surface area contributed by atoms with Crippen LogP contribution in [0.3, 0.4) is 0 Å². The quantitative estimate of drug-likeness (QED) is 0.159. The van der Waals surface area contributed by atoms with Gasteiger partial charge in [0.1, 0.15) is 0 Å². The summed E-state index contributed by atoms with van der Waals surface area (Å²) in [6.07, 6.45) is 5.39. The van der Waals surface area contributed by atoms with Crippen LogP contribution in [0.25, 0.3) is 12.2 Å². The van der Waals surface area contributed by atoms with Gasteiger partial charge in [0, 0.05) is 46.3 Å². The van der Waals surface area contributed by atoms with E-state index < -0.39 is 35.8 Å². The van der Waals surface area contributed by atoms with Crippen LogP contribution in [0.2, 0.25) is 0 Å². The first kappa shape index (κ1) is 32.0. The lowest BCUT2D eigenvalue weighted by Crippen LogP contribution is -2.08. The van der Waals surface area contributed by atoms with Crippen molar-refractivity contribution in [1.82, 2.24) is 0 Å². The Balaban J connectivity index is 1.81. The molecule has 41 heavy (non-hydrogen) atoms. The molecule has 0 heterocycles. The third-order valence-corrected chi connectivity index (χ3v) is 4.55. The van der Waals surface area contributed by atoms with Crippen molar-refractivity contribution in [2.75, 3.05) is 13.2 Å². The Labute approximate surface area is 235 Å². The van der Waals surface area contributed by atoms with Crippen molar-refractivity contribution in [2.45, 2.75) is 34.1 Å². The molecule has 2 aromatic carbocycles. The fourth-order valence-electron chi connectivity index (χ4n) is 3.03. The summed E-state index contributed by atoms with van der Waals surface area (Å²) in [6, 6.07) is 8.78. The van der Waals surface area contributed by atoms with E-state index in [9.17, 15) is 28.8 Å². The lowest BCUT2D eigenvalue weighted by atomic mass is 10.2. The largest absolute Gasteiger partial charge is 0.462 e. The number of hydrogen-bond donors (Lipinski definition) is 0. The van der Waals surface area contributed by atoms with Gasteiger partial charge in [-0.25, -0.2) is 9.59 Å². The van der Waals surface area contributed by atoms with Gasteiger partial charge in [-0.05, 0) is 47.5 Å². The molecule has 2 aromatic rings. The van der Waals surface area contributed by atoms with Gasteiger partial charge in [-0.2, -0.15) is 0 Å². The number of carbonyl (C=O) groups is 6. The van der Waals surface area contributed by atoms with Gasteiger partial charge in [0.25, 0.3) is 0 Å². The van der Waals surface area contributed by atoms with Gasteiger partial charge in [0.2, 0.25) is 0 Å². The molecular weight excluding hydrogens is 540 g/mol. The van der Waals surface area contributed by atoms with Crippen molar-refractivity contribution in [3.05, 3.63) is 59.7 Å². The fraction of sp³-hybridized carbons (Fsp3) is 0.241. The first-order valence-corrected chi connectivity index (χ1v) is 12.1. The predicted molar refractivity (Wildman–Crippen MR) is 143 cm³/mol. The number of esters is 6. The van der Waals surface area contributed by atoms with E-state index in [0.29, 0.717) is 11.1 Å². The minimum Gasteiger partial charge on any atom is -0.462 e. The predicted octanol–water partition coefficient (Wildman–Crippen LogP) is 3.59. The minimum absolute atomic E-state index is 0.0166. The molecule has 0 spiro atoms. The highest BCUT2D eigenvalue weighted by Gasteiger charge is 2.12. The van der Waals surface area contributed by atoms with Crippen LogP contribution in [-0.4, -0.2) is 49.0 Å². The van der Waals surface area contributed by atoms with E-state index >= 15 is 0 Å². The molecule has 0 unspecified atom stereocenters. The van der Waals surface area contributed by atoms with Gasteiger partial charge in [0.15, 0.2) is 23.0 Å². The molecular formula is C29H28O12. The lowest BCUT2D eigenvalue weighted by Gasteiger charge is -2.09. The van der Waals surface area contributed by atoms with Crippen LogP contribution in [0.15, 0.2) is 48.6 Å². The molecule has 0 atom stereocenters. The summed E-state index contributed by atoms with van der Waals surface area (Å²) in [5.41, 5.74) is 0.964. The van der Waals surface area contributed by atoms with E-state index in [-0.39, 0.29) is 42.6 Å². The molecule has 216 valence electrons. The highest BCUT2D eigenvalue weighted by Crippen LogP contribution is 2.30. The average molecular weight is 569 g/mol. The molecule has 0 aromatic heterocycles. The third kappa shape index (κ3) is 12.4. The number of ether oxygens (including phenoxy) is 6. The number of benzene rings is 2. The molecule has 0 saturated heterocycles. The maximum absolute atomic E-state index is 12.0. The van der Waals surface area contributed by atoms with E-state index in [1.807, 2.05) is 0 Å². The van der Waals surface area contributed by atoms with E-state index in [4.69, 9.17) is 28.4 Å². The molecule has 12 heteroatoms. The summed E-state index contributed by atoms with van der Waals surface area (Å²) in [5, 5.41) is 0. The van der Waals surface area contributed by atoms with Crippen molar-refractivity contribution in [2.24, 2.45) is 0 Å². The third-order valence-electron chi connectivity index (χ3n) is 4.55. The second kappa shape index (κ2) is 16.0. The molecule has 0 fully saturated rings. The molecule has 0 amide bonds. The van der Waals surface area contributed by atoms with Crippen LogP contribution in [0.4, 0.5) is 0 Å². The van der Waals surface area contributed by atoms with Crippen LogP contribution >= 0.6 is 0 Å². The first-order valence-electron chi connectivity index (χ1n) is 12.1. The van der Waals surface area contributed by atoms with Crippen molar-refractivity contribution in [1.29, 1.82) is 0 Å². The van der Waals surface area contributed by atoms with Crippen molar-refractivity contribution in [3.8, 4) is 23.0 Å². The summed E-state index contributed by atoms with van der Waals surface area (Å²) in [6.45, 7) is 4.76. The van der Waals surface area contributed by atoms with Crippen LogP contribution in [0.5, 0.6) is 23.0 Å². The van der Waals surface area contributed by atoms with Crippen molar-refractivity contribution < 1.29 is 57.2 Å². The zero-order valence-electron chi connectivity index (χ0n) is 22.8. The van der Waals surface area contributed by atoms with Crippen molar-refractivity contribution >= 4 is 48.0 Å². The van der Waals surface area contributed by atoms with Gasteiger partial charge in [-0.3, -0.25) is 19.2 Å². The smallest absolute Gasteiger partial charge is 0.330 e. The van der Waals surface area contributed by atoms with E-state index in [0.717, 1.165) is 12.2 Å². The van der Waals surface area contributed by atoms with E-state index in [1.165, 1.54) is 64.1 Å². The fourth-order valence-corrected chi connectivity index (χ4v) is 3.03. The normalized spacial score (nSPS) is 10.6. The Kier molecular flexibility index (Phi) is 12.5. The summed E-state index contributed by atoms with van der Waals surface area (Å²) in [7, 11) is 0. The molecule has 0 bridgehead atoms. The first-order chi connectivity index (χ1) is 19.4. The van der Waals surface area contributed by atoms with Gasteiger partial charge >= 0.3 is 35.8 Å². The molecule has 2 rings (SSSR count). The molecule has 0 N–H and O–H groups in total. The molecule has 0 saturated carbocycles. The highest BCUT2D eigenvalue weighted by molar-refractivity contribution is 5.88. The topological polar surface area (TPSA) is 158 Å². The Morgan fingerprint density at radius 2 is 0.878 bits per heavy atom. The van der Waals surface area contributed by atoms with Crippen LogP contribution < -0.4 is 18.9 Å². The molecule has 0 aliphatic heterocycles. The Hall–Kier alpha value is -5.26. The maximum atomic E-state index is 12.0. The Bertz CT molecular complexity index is 1270. The SMILES string of the molecule is CC(=O)Oc1ccc(/C=C/C(=O)OCCCOC(=O)/C=C/c2ccc(OC(C)=O)c(OC(C)=O)c2)cc1OC(C)=O. The molecule has 0 aliphatic rings. The second-order valence-corrected chi connectivity index (χ2v) is 8.14. The van der Waals surface area contributed by atoms with Gasteiger partial charge in [-0.1, -0.05) is 12.1 Å². The van der Waals surface area contributed by atoms with Gasteiger partial charge in [0.05, 0.1) is 13.2 Å². The average Bonchev–Trinajstić information content (AvgIpc) is 2.87. The van der Waals surface area contributed by atoms with Crippen LogP contribution in [0, 0.1) is 0 Å². The Morgan fingerprint density at radius 1 is 0.537 bits per heavy atom. The van der Waals surface area contributed by atoms with Crippen molar-refractivity contribution in [3.63, 3.8) is 0 Å². The monoisotopic (exact) mass is 568 g/mol. The number of carbonyl (C=O) groups excluding carboxylic acids is 6. The molecule has 0 radical (unpaired) electrons. The minimum atomic E-state index is -0.657. The van der Waals surface area contributed by atoms with Crippen LogP contribution in [0.1, 0.15) is 45.2 Å². The summed E-state index contributed by atoms with van der Waals surface area (Å²) in [5.74, 6) is -3.57. The van der Waals surface area contributed by atoms with Gasteiger partial charge in [-0.15, -0.1) is 0 Å². The lowest BCUT2D eigenvalue weighted by molar-refractivity contribution is -0.140. The van der Waals surface area contributed by atoms with E-state index in [1.54, 1.807) is 12.1 Å². The van der Waals surface area contributed by atoms with E-state index in [2.05, 4.69) is 0 Å². The second-order valence-electron chi connectivity index (χ2n) is 8.14.